The lowest BCUT2D eigenvalue weighted by atomic mass is 9.92. The van der Waals surface area contributed by atoms with Crippen LogP contribution >= 0.6 is 0 Å². The van der Waals surface area contributed by atoms with Gasteiger partial charge in [0.1, 0.15) is 0 Å². The zero-order valence-electron chi connectivity index (χ0n) is 12.0. The molecule has 0 spiro atoms. The number of carboxylic acids is 1. The summed E-state index contributed by atoms with van der Waals surface area (Å²) in [5.74, 6) is -1.02. The predicted octanol–water partition coefficient (Wildman–Crippen LogP) is 2.07. The topological polar surface area (TPSA) is 89.9 Å². The highest BCUT2D eigenvalue weighted by molar-refractivity contribution is 5.94. The van der Waals surface area contributed by atoms with E-state index in [0.29, 0.717) is 11.3 Å². The molecule has 2 amide bonds. The van der Waals surface area contributed by atoms with Crippen LogP contribution in [-0.2, 0) is 0 Å². The molecule has 2 rings (SSSR count). The molecule has 1 saturated carbocycles. The van der Waals surface area contributed by atoms with Crippen molar-refractivity contribution in [1.29, 1.82) is 0 Å². The minimum Gasteiger partial charge on any atom is -0.478 e. The Morgan fingerprint density at radius 2 is 2.10 bits per heavy atom. The minimum absolute atomic E-state index is 0.0851. The number of hydrogen-bond donors (Lipinski definition) is 3. The molecule has 1 aromatic carbocycles. The third-order valence-corrected chi connectivity index (χ3v) is 3.84. The summed E-state index contributed by atoms with van der Waals surface area (Å²) in [4.78, 5) is 25.0. The van der Waals surface area contributed by atoms with E-state index in [-0.39, 0.29) is 30.8 Å². The molecule has 1 aliphatic carbocycles. The van der Waals surface area contributed by atoms with Gasteiger partial charge in [0.15, 0.2) is 0 Å². The molecule has 1 aromatic rings. The smallest absolute Gasteiger partial charge is 0.336 e. The third kappa shape index (κ3) is 3.52. The van der Waals surface area contributed by atoms with Gasteiger partial charge in [-0.05, 0) is 43.9 Å². The number of benzene rings is 1. The largest absolute Gasteiger partial charge is 0.478 e. The number of carboxylic acid groups (broad SMARTS) is 1. The van der Waals surface area contributed by atoms with Gasteiger partial charge in [0.2, 0.25) is 0 Å². The first-order chi connectivity index (χ1) is 10.0. The Balaban J connectivity index is 2.10. The van der Waals surface area contributed by atoms with Gasteiger partial charge in [-0.3, -0.25) is 0 Å². The van der Waals surface area contributed by atoms with E-state index in [0.717, 1.165) is 19.3 Å². The fraction of sp³-hybridized carbons (Fsp3) is 0.467. The first kappa shape index (κ1) is 15.3. The second kappa shape index (κ2) is 6.58. The van der Waals surface area contributed by atoms with Crippen molar-refractivity contribution in [3.63, 3.8) is 0 Å². The van der Waals surface area contributed by atoms with Crippen LogP contribution in [-0.4, -0.2) is 46.3 Å². The number of rotatable bonds is 5. The zero-order chi connectivity index (χ0) is 15.4. The van der Waals surface area contributed by atoms with E-state index in [9.17, 15) is 9.59 Å². The van der Waals surface area contributed by atoms with Crippen molar-refractivity contribution in [1.82, 2.24) is 4.90 Å². The van der Waals surface area contributed by atoms with E-state index in [1.54, 1.807) is 24.0 Å². The van der Waals surface area contributed by atoms with E-state index < -0.39 is 5.97 Å². The number of aliphatic hydroxyl groups excluding tert-OH is 1. The van der Waals surface area contributed by atoms with Crippen molar-refractivity contribution in [2.24, 2.45) is 0 Å². The van der Waals surface area contributed by atoms with Crippen LogP contribution in [0.2, 0.25) is 0 Å². The maximum atomic E-state index is 12.3. The number of hydrogen-bond acceptors (Lipinski definition) is 3. The quantitative estimate of drug-likeness (QED) is 0.775. The van der Waals surface area contributed by atoms with Crippen LogP contribution in [0.15, 0.2) is 18.2 Å². The standard InChI is InChI=1S/C15H20N2O4/c1-10-5-6-11(9-13(10)14(19)20)16-15(21)17(7-8-18)12-3-2-4-12/h5-6,9,12,18H,2-4,7-8H2,1H3,(H,16,21)(H,19,20). The summed E-state index contributed by atoms with van der Waals surface area (Å²) in [7, 11) is 0. The molecule has 0 aliphatic heterocycles. The molecule has 1 fully saturated rings. The number of carbonyl (C=O) groups excluding carboxylic acids is 1. The van der Waals surface area contributed by atoms with Gasteiger partial charge in [-0.15, -0.1) is 0 Å². The molecule has 0 saturated heterocycles. The molecule has 0 aromatic heterocycles. The number of carbonyl (C=O) groups is 2. The van der Waals surface area contributed by atoms with Gasteiger partial charge >= 0.3 is 12.0 Å². The molecular formula is C15H20N2O4. The van der Waals surface area contributed by atoms with Crippen molar-refractivity contribution >= 4 is 17.7 Å². The molecule has 1 aliphatic rings. The summed E-state index contributed by atoms with van der Waals surface area (Å²) in [5.41, 5.74) is 1.27. The van der Waals surface area contributed by atoms with E-state index >= 15 is 0 Å². The number of nitrogens with zero attached hydrogens (tertiary/aromatic N) is 1. The van der Waals surface area contributed by atoms with Crippen molar-refractivity contribution < 1.29 is 19.8 Å². The van der Waals surface area contributed by atoms with Crippen LogP contribution in [0.1, 0.15) is 35.2 Å². The lowest BCUT2D eigenvalue weighted by molar-refractivity contribution is 0.0696. The number of aromatic carboxylic acids is 1. The number of nitrogens with one attached hydrogen (secondary N) is 1. The molecule has 3 N–H and O–H groups in total. The Morgan fingerprint density at radius 1 is 1.38 bits per heavy atom. The van der Waals surface area contributed by atoms with Gasteiger partial charge in [-0.25, -0.2) is 9.59 Å². The predicted molar refractivity (Wildman–Crippen MR) is 78.6 cm³/mol. The Morgan fingerprint density at radius 3 is 2.62 bits per heavy atom. The molecule has 6 nitrogen and oxygen atoms in total. The maximum absolute atomic E-state index is 12.3. The minimum atomic E-state index is -1.02. The zero-order valence-corrected chi connectivity index (χ0v) is 12.0. The number of anilines is 1. The second-order valence-electron chi connectivity index (χ2n) is 5.27. The molecule has 0 heterocycles. The highest BCUT2D eigenvalue weighted by atomic mass is 16.4. The fourth-order valence-corrected chi connectivity index (χ4v) is 2.38. The van der Waals surface area contributed by atoms with Gasteiger partial charge in [-0.2, -0.15) is 0 Å². The number of aliphatic hydroxyl groups is 1. The third-order valence-electron chi connectivity index (χ3n) is 3.84. The maximum Gasteiger partial charge on any atom is 0.336 e. The Kier molecular flexibility index (Phi) is 4.80. The van der Waals surface area contributed by atoms with Crippen LogP contribution in [0.4, 0.5) is 10.5 Å². The van der Waals surface area contributed by atoms with Gasteiger partial charge in [0, 0.05) is 18.3 Å². The van der Waals surface area contributed by atoms with Gasteiger partial charge in [0.25, 0.3) is 0 Å². The summed E-state index contributed by atoms with van der Waals surface area (Å²) >= 11 is 0. The molecule has 0 bridgehead atoms. The Hall–Kier alpha value is -2.08. The fourth-order valence-electron chi connectivity index (χ4n) is 2.38. The van der Waals surface area contributed by atoms with Gasteiger partial charge in [-0.1, -0.05) is 6.07 Å². The normalized spacial score (nSPS) is 14.4. The second-order valence-corrected chi connectivity index (χ2v) is 5.27. The molecule has 0 radical (unpaired) electrons. The van der Waals surface area contributed by atoms with Crippen molar-refractivity contribution in [2.75, 3.05) is 18.5 Å². The molecular weight excluding hydrogens is 272 g/mol. The molecule has 21 heavy (non-hydrogen) atoms. The van der Waals surface area contributed by atoms with E-state index in [1.807, 2.05) is 0 Å². The van der Waals surface area contributed by atoms with Gasteiger partial charge < -0.3 is 20.4 Å². The van der Waals surface area contributed by atoms with Crippen molar-refractivity contribution in [3.05, 3.63) is 29.3 Å². The molecule has 0 atom stereocenters. The summed E-state index contributed by atoms with van der Waals surface area (Å²) < 4.78 is 0. The molecule has 6 heteroatoms. The monoisotopic (exact) mass is 292 g/mol. The van der Waals surface area contributed by atoms with E-state index in [4.69, 9.17) is 10.2 Å². The van der Waals surface area contributed by atoms with Crippen LogP contribution in [0, 0.1) is 6.92 Å². The lowest BCUT2D eigenvalue weighted by Gasteiger charge is -2.37. The summed E-state index contributed by atoms with van der Waals surface area (Å²) in [6.45, 7) is 1.91. The number of amides is 2. The van der Waals surface area contributed by atoms with Gasteiger partial charge in [0.05, 0.1) is 12.2 Å². The van der Waals surface area contributed by atoms with Crippen LogP contribution in [0.3, 0.4) is 0 Å². The highest BCUT2D eigenvalue weighted by Gasteiger charge is 2.28. The van der Waals surface area contributed by atoms with Crippen LogP contribution in [0.25, 0.3) is 0 Å². The average Bonchev–Trinajstić information content (AvgIpc) is 2.38. The Bertz CT molecular complexity index is 540. The molecule has 114 valence electrons. The van der Waals surface area contributed by atoms with Crippen LogP contribution in [0.5, 0.6) is 0 Å². The Labute approximate surface area is 123 Å². The van der Waals surface area contributed by atoms with Crippen molar-refractivity contribution in [2.45, 2.75) is 32.2 Å². The first-order valence-corrected chi connectivity index (χ1v) is 7.05. The van der Waals surface area contributed by atoms with Crippen LogP contribution < -0.4 is 5.32 Å². The number of urea groups is 1. The lowest BCUT2D eigenvalue weighted by Crippen LogP contribution is -2.47. The first-order valence-electron chi connectivity index (χ1n) is 7.05. The summed E-state index contributed by atoms with van der Waals surface area (Å²) in [6, 6.07) is 4.67. The van der Waals surface area contributed by atoms with E-state index in [2.05, 4.69) is 5.32 Å². The van der Waals surface area contributed by atoms with Crippen molar-refractivity contribution in [3.8, 4) is 0 Å². The highest BCUT2D eigenvalue weighted by Crippen LogP contribution is 2.25. The summed E-state index contributed by atoms with van der Waals surface area (Å²) in [6.07, 6.45) is 2.98. The number of aryl methyl sites for hydroxylation is 1. The summed E-state index contributed by atoms with van der Waals surface area (Å²) in [5, 5.41) is 20.9. The molecule has 0 unspecified atom stereocenters. The SMILES string of the molecule is Cc1ccc(NC(=O)N(CCO)C2CCC2)cc1C(=O)O. The average molecular weight is 292 g/mol. The van der Waals surface area contributed by atoms with E-state index in [1.165, 1.54) is 6.07 Å².